The first kappa shape index (κ1) is 13.3. The number of carboxylic acids is 1. The number of hydrogen-bond donors (Lipinski definition) is 2. The van der Waals surface area contributed by atoms with Gasteiger partial charge in [-0.2, -0.15) is 0 Å². The maximum atomic E-state index is 10.4. The van der Waals surface area contributed by atoms with Crippen molar-refractivity contribution in [3.63, 3.8) is 0 Å². The summed E-state index contributed by atoms with van der Waals surface area (Å²) in [6, 6.07) is 8.54. The van der Waals surface area contributed by atoms with Gasteiger partial charge in [0.15, 0.2) is 0 Å². The molecule has 13 heavy (non-hydrogen) atoms. The summed E-state index contributed by atoms with van der Waals surface area (Å²) in [5.41, 5.74) is 6.30. The van der Waals surface area contributed by atoms with Gasteiger partial charge in [0.1, 0.15) is 6.04 Å². The minimum absolute atomic E-state index is 0. The number of nitrogens with two attached hydrogens (primary N) is 1. The van der Waals surface area contributed by atoms with Crippen LogP contribution in [0, 0.1) is 0 Å². The molecule has 1 atom stereocenters. The Morgan fingerprint density at radius 2 is 1.92 bits per heavy atom. The van der Waals surface area contributed by atoms with Gasteiger partial charge in [0.05, 0.1) is 0 Å². The van der Waals surface area contributed by atoms with E-state index in [-0.39, 0.29) is 51.4 Å². The monoisotopic (exact) mass is 204 g/mol. The molecule has 64 valence electrons. The van der Waals surface area contributed by atoms with Crippen LogP contribution in [0.3, 0.4) is 0 Å². The van der Waals surface area contributed by atoms with E-state index >= 15 is 0 Å². The Bertz CT molecular complexity index is 264. The smallest absolute Gasteiger partial charge is 0.480 e. The molecule has 0 spiro atoms. The van der Waals surface area contributed by atoms with Gasteiger partial charge in [-0.3, -0.25) is 4.79 Å². The van der Waals surface area contributed by atoms with Gasteiger partial charge in [-0.05, 0) is 12.0 Å². The maximum Gasteiger partial charge on any atom is 1.00 e. The molecular formula is C9H11KNO2+. The molecule has 0 radical (unpaired) electrons. The van der Waals surface area contributed by atoms with E-state index in [4.69, 9.17) is 10.8 Å². The second kappa shape index (κ2) is 6.70. The SMILES string of the molecule is NC(Cc1ccccc1)C(=O)O.[K+]. The van der Waals surface area contributed by atoms with Crippen molar-refractivity contribution in [1.82, 2.24) is 0 Å². The van der Waals surface area contributed by atoms with Gasteiger partial charge in [-0.1, -0.05) is 30.3 Å². The fourth-order valence-electron chi connectivity index (χ4n) is 0.955. The third kappa shape index (κ3) is 4.90. The average Bonchev–Trinajstić information content (AvgIpc) is 2.06. The molecule has 0 fully saturated rings. The molecule has 0 saturated carbocycles. The van der Waals surface area contributed by atoms with E-state index in [2.05, 4.69) is 0 Å². The van der Waals surface area contributed by atoms with Gasteiger partial charge in [0, 0.05) is 0 Å². The molecule has 1 unspecified atom stereocenters. The van der Waals surface area contributed by atoms with Gasteiger partial charge >= 0.3 is 57.4 Å². The van der Waals surface area contributed by atoms with E-state index in [1.54, 1.807) is 0 Å². The summed E-state index contributed by atoms with van der Waals surface area (Å²) in [7, 11) is 0. The second-order valence-corrected chi connectivity index (χ2v) is 2.63. The van der Waals surface area contributed by atoms with Crippen LogP contribution >= 0.6 is 0 Å². The minimum atomic E-state index is -0.959. The Morgan fingerprint density at radius 1 is 1.38 bits per heavy atom. The predicted molar refractivity (Wildman–Crippen MR) is 45.8 cm³/mol. The molecule has 1 aromatic rings. The van der Waals surface area contributed by atoms with Crippen molar-refractivity contribution >= 4 is 5.97 Å². The molecule has 4 heteroatoms. The Kier molecular flexibility index (Phi) is 6.85. The summed E-state index contributed by atoms with van der Waals surface area (Å²) in [5, 5.41) is 8.52. The summed E-state index contributed by atoms with van der Waals surface area (Å²) in [5.74, 6) is -0.959. The van der Waals surface area contributed by atoms with Gasteiger partial charge < -0.3 is 10.8 Å². The standard InChI is InChI=1S/C9H11NO2.K/c10-8(9(11)12)6-7-4-2-1-3-5-7;/h1-5,8H,6,10H2,(H,11,12);/q;+1. The molecule has 1 rings (SSSR count). The van der Waals surface area contributed by atoms with Crippen LogP contribution in [0.15, 0.2) is 30.3 Å². The second-order valence-electron chi connectivity index (χ2n) is 2.63. The average molecular weight is 204 g/mol. The van der Waals surface area contributed by atoms with Crippen molar-refractivity contribution in [3.05, 3.63) is 35.9 Å². The number of aliphatic carboxylic acids is 1. The fourth-order valence-corrected chi connectivity index (χ4v) is 0.955. The van der Waals surface area contributed by atoms with Crippen LogP contribution in [-0.2, 0) is 11.2 Å². The molecule has 0 aromatic heterocycles. The summed E-state index contributed by atoms with van der Waals surface area (Å²) in [6.07, 6.45) is 0.385. The van der Waals surface area contributed by atoms with Crippen molar-refractivity contribution in [2.45, 2.75) is 12.5 Å². The van der Waals surface area contributed by atoms with Crippen LogP contribution in [0.2, 0.25) is 0 Å². The Labute approximate surface area is 120 Å². The summed E-state index contributed by atoms with van der Waals surface area (Å²) in [6.45, 7) is 0. The van der Waals surface area contributed by atoms with E-state index in [0.717, 1.165) is 5.56 Å². The zero-order chi connectivity index (χ0) is 8.97. The topological polar surface area (TPSA) is 63.3 Å². The zero-order valence-electron chi connectivity index (χ0n) is 7.60. The number of rotatable bonds is 3. The largest absolute Gasteiger partial charge is 1.00 e. The molecule has 3 nitrogen and oxygen atoms in total. The molecule has 0 aliphatic carbocycles. The van der Waals surface area contributed by atoms with Crippen molar-refractivity contribution in [2.75, 3.05) is 0 Å². The van der Waals surface area contributed by atoms with E-state index in [1.165, 1.54) is 0 Å². The van der Waals surface area contributed by atoms with Crippen LogP contribution in [0.5, 0.6) is 0 Å². The van der Waals surface area contributed by atoms with Gasteiger partial charge in [0.25, 0.3) is 0 Å². The number of hydrogen-bond acceptors (Lipinski definition) is 2. The molecule has 0 aliphatic heterocycles. The molecule has 0 bridgehead atoms. The predicted octanol–water partition coefficient (Wildman–Crippen LogP) is -2.35. The van der Waals surface area contributed by atoms with Crippen LogP contribution in [0.4, 0.5) is 0 Å². The van der Waals surface area contributed by atoms with E-state index in [1.807, 2.05) is 30.3 Å². The molecule has 1 aromatic carbocycles. The normalized spacial score (nSPS) is 11.5. The van der Waals surface area contributed by atoms with Gasteiger partial charge in [-0.25, -0.2) is 0 Å². The van der Waals surface area contributed by atoms with Crippen LogP contribution in [-0.4, -0.2) is 17.1 Å². The van der Waals surface area contributed by atoms with Crippen molar-refractivity contribution in [3.8, 4) is 0 Å². The number of benzene rings is 1. The van der Waals surface area contributed by atoms with Crippen LogP contribution in [0.1, 0.15) is 5.56 Å². The summed E-state index contributed by atoms with van der Waals surface area (Å²) >= 11 is 0. The Balaban J connectivity index is 0.00000144. The first-order valence-corrected chi connectivity index (χ1v) is 3.72. The molecule has 3 N–H and O–H groups in total. The molecule has 0 saturated heterocycles. The van der Waals surface area contributed by atoms with Crippen molar-refractivity contribution in [2.24, 2.45) is 5.73 Å². The van der Waals surface area contributed by atoms with E-state index in [0.29, 0.717) is 6.42 Å². The summed E-state index contributed by atoms with van der Waals surface area (Å²) in [4.78, 5) is 10.4. The summed E-state index contributed by atoms with van der Waals surface area (Å²) < 4.78 is 0. The van der Waals surface area contributed by atoms with Crippen molar-refractivity contribution in [1.29, 1.82) is 0 Å². The number of carboxylic acid groups (broad SMARTS) is 1. The molecule has 0 heterocycles. The molecule has 0 amide bonds. The first-order valence-electron chi connectivity index (χ1n) is 3.72. The van der Waals surface area contributed by atoms with E-state index in [9.17, 15) is 4.79 Å². The van der Waals surface area contributed by atoms with Crippen molar-refractivity contribution < 1.29 is 61.3 Å². The fraction of sp³-hybridized carbons (Fsp3) is 0.222. The number of carbonyl (C=O) groups is 1. The molecular weight excluding hydrogens is 193 g/mol. The van der Waals surface area contributed by atoms with Crippen LogP contribution < -0.4 is 57.1 Å². The Morgan fingerprint density at radius 3 is 2.38 bits per heavy atom. The third-order valence-electron chi connectivity index (χ3n) is 1.62. The molecule has 0 aliphatic rings. The minimum Gasteiger partial charge on any atom is -0.480 e. The zero-order valence-corrected chi connectivity index (χ0v) is 10.7. The first-order chi connectivity index (χ1) is 5.70. The van der Waals surface area contributed by atoms with Gasteiger partial charge in [-0.15, -0.1) is 0 Å². The quantitative estimate of drug-likeness (QED) is 0.542. The third-order valence-corrected chi connectivity index (χ3v) is 1.62. The van der Waals surface area contributed by atoms with Crippen LogP contribution in [0.25, 0.3) is 0 Å². The Hall–Kier alpha value is 0.286. The van der Waals surface area contributed by atoms with E-state index < -0.39 is 12.0 Å². The van der Waals surface area contributed by atoms with Gasteiger partial charge in [0.2, 0.25) is 0 Å². The maximum absolute atomic E-state index is 10.4.